The van der Waals surface area contributed by atoms with E-state index < -0.39 is 11.4 Å². The first-order valence-electron chi connectivity index (χ1n) is 9.14. The number of anilines is 1. The average Bonchev–Trinajstić information content (AvgIpc) is 2.98. The largest absolute Gasteiger partial charge is 0.465 e. The molecule has 0 bridgehead atoms. The summed E-state index contributed by atoms with van der Waals surface area (Å²) in [5.74, 6) is -0.748. The van der Waals surface area contributed by atoms with E-state index in [1.54, 1.807) is 35.2 Å². The number of rotatable bonds is 2. The van der Waals surface area contributed by atoms with Gasteiger partial charge in [0.1, 0.15) is 0 Å². The number of methoxy groups -OCH3 is 1. The van der Waals surface area contributed by atoms with Crippen LogP contribution in [0.1, 0.15) is 39.1 Å². The first-order valence-corrected chi connectivity index (χ1v) is 9.90. The summed E-state index contributed by atoms with van der Waals surface area (Å²) in [7, 11) is 1.32. The number of esters is 1. The molecule has 0 radical (unpaired) electrons. The SMILES string of the molecule is COC(=O)c1ccc2c(c1)C1(CCN(C(=O)c3ccc(Cl)cc3Cl)CC1)C(=O)N2. The Labute approximate surface area is 177 Å². The lowest BCUT2D eigenvalue weighted by Gasteiger charge is -2.38. The van der Waals surface area contributed by atoms with E-state index in [9.17, 15) is 14.4 Å². The number of carbonyl (C=O) groups is 3. The summed E-state index contributed by atoms with van der Waals surface area (Å²) in [6.07, 6.45) is 0.904. The van der Waals surface area contributed by atoms with Gasteiger partial charge < -0.3 is 15.0 Å². The number of carbonyl (C=O) groups excluding carboxylic acids is 3. The van der Waals surface area contributed by atoms with Gasteiger partial charge in [-0.1, -0.05) is 23.2 Å². The highest BCUT2D eigenvalue weighted by Gasteiger charge is 2.49. The van der Waals surface area contributed by atoms with Crippen molar-refractivity contribution in [2.75, 3.05) is 25.5 Å². The number of halogens is 2. The number of likely N-dealkylation sites (tertiary alicyclic amines) is 1. The van der Waals surface area contributed by atoms with Crippen LogP contribution in [0.15, 0.2) is 36.4 Å². The third-order valence-corrected chi connectivity index (χ3v) is 6.25. The molecule has 1 spiro atoms. The van der Waals surface area contributed by atoms with Gasteiger partial charge in [-0.05, 0) is 54.8 Å². The predicted octanol–water partition coefficient (Wildman–Crippen LogP) is 3.91. The molecule has 0 saturated carbocycles. The molecule has 0 unspecified atom stereocenters. The second kappa shape index (κ2) is 7.35. The third kappa shape index (κ3) is 3.26. The lowest BCUT2D eigenvalue weighted by atomic mass is 9.73. The Kier molecular flexibility index (Phi) is 5.00. The molecule has 1 saturated heterocycles. The molecule has 4 rings (SSSR count). The van der Waals surface area contributed by atoms with Crippen LogP contribution in [0.2, 0.25) is 10.0 Å². The van der Waals surface area contributed by atoms with Gasteiger partial charge in [-0.15, -0.1) is 0 Å². The highest BCUT2D eigenvalue weighted by atomic mass is 35.5. The lowest BCUT2D eigenvalue weighted by Crippen LogP contribution is -2.48. The van der Waals surface area contributed by atoms with Gasteiger partial charge >= 0.3 is 5.97 Å². The van der Waals surface area contributed by atoms with Gasteiger partial charge in [-0.25, -0.2) is 4.79 Å². The molecule has 2 aromatic carbocycles. The summed E-state index contributed by atoms with van der Waals surface area (Å²) in [4.78, 5) is 39.3. The number of hydrogen-bond donors (Lipinski definition) is 1. The fourth-order valence-electron chi connectivity index (χ4n) is 4.08. The van der Waals surface area contributed by atoms with Gasteiger partial charge in [-0.3, -0.25) is 9.59 Å². The van der Waals surface area contributed by atoms with Crippen molar-refractivity contribution in [2.24, 2.45) is 0 Å². The fraction of sp³-hybridized carbons (Fsp3) is 0.286. The molecule has 2 aliphatic rings. The summed E-state index contributed by atoms with van der Waals surface area (Å²) >= 11 is 12.1. The second-order valence-corrected chi connectivity index (χ2v) is 8.05. The zero-order chi connectivity index (χ0) is 20.8. The van der Waals surface area contributed by atoms with Crippen LogP contribution in [0.5, 0.6) is 0 Å². The average molecular weight is 433 g/mol. The van der Waals surface area contributed by atoms with E-state index in [4.69, 9.17) is 27.9 Å². The Hall–Kier alpha value is -2.57. The van der Waals surface area contributed by atoms with E-state index in [0.717, 1.165) is 5.56 Å². The van der Waals surface area contributed by atoms with Gasteiger partial charge in [0.2, 0.25) is 5.91 Å². The summed E-state index contributed by atoms with van der Waals surface area (Å²) in [5.41, 5.74) is 1.50. The molecule has 2 aliphatic heterocycles. The van der Waals surface area contributed by atoms with Gasteiger partial charge in [0.05, 0.1) is 28.7 Å². The van der Waals surface area contributed by atoms with Crippen LogP contribution in [0, 0.1) is 0 Å². The number of hydrogen-bond acceptors (Lipinski definition) is 4. The molecule has 8 heteroatoms. The van der Waals surface area contributed by atoms with Crippen LogP contribution in [0.3, 0.4) is 0 Å². The zero-order valence-corrected chi connectivity index (χ0v) is 17.1. The minimum atomic E-state index is -0.764. The zero-order valence-electron chi connectivity index (χ0n) is 15.6. The van der Waals surface area contributed by atoms with Crippen molar-refractivity contribution in [3.8, 4) is 0 Å². The molecule has 29 heavy (non-hydrogen) atoms. The third-order valence-electron chi connectivity index (χ3n) is 5.70. The smallest absolute Gasteiger partial charge is 0.337 e. The summed E-state index contributed by atoms with van der Waals surface area (Å²) in [5, 5.41) is 3.67. The van der Waals surface area contributed by atoms with Crippen molar-refractivity contribution < 1.29 is 19.1 Å². The molecular formula is C21H18Cl2N2O4. The van der Waals surface area contributed by atoms with Crippen molar-refractivity contribution in [2.45, 2.75) is 18.3 Å². The van der Waals surface area contributed by atoms with Gasteiger partial charge in [0, 0.05) is 23.8 Å². The predicted molar refractivity (Wildman–Crippen MR) is 110 cm³/mol. The van der Waals surface area contributed by atoms with E-state index in [-0.39, 0.29) is 11.8 Å². The minimum Gasteiger partial charge on any atom is -0.465 e. The minimum absolute atomic E-state index is 0.105. The number of amides is 2. The van der Waals surface area contributed by atoms with Crippen LogP contribution in [-0.4, -0.2) is 42.9 Å². The molecule has 1 N–H and O–H groups in total. The highest BCUT2D eigenvalue weighted by molar-refractivity contribution is 6.36. The summed E-state index contributed by atoms with van der Waals surface area (Å²) in [6, 6.07) is 9.84. The molecular weight excluding hydrogens is 415 g/mol. The van der Waals surface area contributed by atoms with E-state index in [1.165, 1.54) is 13.2 Å². The quantitative estimate of drug-likeness (QED) is 0.729. The summed E-state index contributed by atoms with van der Waals surface area (Å²) in [6.45, 7) is 0.792. The number of ether oxygens (including phenoxy) is 1. The van der Waals surface area contributed by atoms with Crippen LogP contribution < -0.4 is 5.32 Å². The van der Waals surface area contributed by atoms with Crippen molar-refractivity contribution >= 4 is 46.7 Å². The van der Waals surface area contributed by atoms with Crippen LogP contribution in [0.4, 0.5) is 5.69 Å². The van der Waals surface area contributed by atoms with Crippen LogP contribution in [0.25, 0.3) is 0 Å². The van der Waals surface area contributed by atoms with Crippen LogP contribution in [-0.2, 0) is 14.9 Å². The second-order valence-electron chi connectivity index (χ2n) is 7.20. The highest BCUT2D eigenvalue weighted by Crippen LogP contribution is 2.45. The fourth-order valence-corrected chi connectivity index (χ4v) is 4.57. The van der Waals surface area contributed by atoms with Gasteiger partial charge in [0.15, 0.2) is 0 Å². The van der Waals surface area contributed by atoms with E-state index in [2.05, 4.69) is 5.32 Å². The monoisotopic (exact) mass is 432 g/mol. The van der Waals surface area contributed by atoms with E-state index in [1.807, 2.05) is 0 Å². The Morgan fingerprint density at radius 1 is 1.10 bits per heavy atom. The molecule has 150 valence electrons. The van der Waals surface area contributed by atoms with Crippen molar-refractivity contribution in [3.63, 3.8) is 0 Å². The topological polar surface area (TPSA) is 75.7 Å². The maximum Gasteiger partial charge on any atom is 0.337 e. The van der Waals surface area contributed by atoms with Crippen LogP contribution >= 0.6 is 23.2 Å². The van der Waals surface area contributed by atoms with Gasteiger partial charge in [0.25, 0.3) is 5.91 Å². The number of nitrogens with one attached hydrogen (secondary N) is 1. The molecule has 2 aromatic rings. The first kappa shape index (κ1) is 19.7. The number of fused-ring (bicyclic) bond motifs is 2. The van der Waals surface area contributed by atoms with Gasteiger partial charge in [-0.2, -0.15) is 0 Å². The molecule has 6 nitrogen and oxygen atoms in total. The van der Waals surface area contributed by atoms with E-state index in [0.29, 0.717) is 52.8 Å². The lowest BCUT2D eigenvalue weighted by molar-refractivity contribution is -0.122. The Morgan fingerprint density at radius 3 is 2.48 bits per heavy atom. The Morgan fingerprint density at radius 2 is 1.83 bits per heavy atom. The molecule has 2 amide bonds. The first-order chi connectivity index (χ1) is 13.9. The van der Waals surface area contributed by atoms with Crippen molar-refractivity contribution in [3.05, 3.63) is 63.1 Å². The Balaban J connectivity index is 1.58. The molecule has 2 heterocycles. The maximum atomic E-state index is 12.9. The molecule has 0 atom stereocenters. The number of piperidine rings is 1. The molecule has 0 aliphatic carbocycles. The maximum absolute atomic E-state index is 12.9. The Bertz CT molecular complexity index is 1030. The number of nitrogens with zero attached hydrogens (tertiary/aromatic N) is 1. The standard InChI is InChI=1S/C21H18Cl2N2O4/c1-29-19(27)12-2-5-17-15(10-12)21(20(28)24-17)6-8-25(9-7-21)18(26)14-4-3-13(22)11-16(14)23/h2-5,10-11H,6-9H2,1H3,(H,24,28). The number of benzene rings is 2. The van der Waals surface area contributed by atoms with E-state index >= 15 is 0 Å². The molecule has 1 fully saturated rings. The van der Waals surface area contributed by atoms with Crippen molar-refractivity contribution in [1.82, 2.24) is 4.90 Å². The summed E-state index contributed by atoms with van der Waals surface area (Å²) < 4.78 is 4.80. The van der Waals surface area contributed by atoms with Crippen molar-refractivity contribution in [1.29, 1.82) is 0 Å². The molecule has 0 aromatic heterocycles. The normalized spacial score (nSPS) is 17.1.